The second-order valence-corrected chi connectivity index (χ2v) is 6.18. The molecule has 0 radical (unpaired) electrons. The van der Waals surface area contributed by atoms with Crippen LogP contribution >= 0.6 is 0 Å². The van der Waals surface area contributed by atoms with Gasteiger partial charge in [0.1, 0.15) is 0 Å². The molecule has 21 heavy (non-hydrogen) atoms. The minimum atomic E-state index is -0.828. The quantitative estimate of drug-likeness (QED) is 0.929. The van der Waals surface area contributed by atoms with Gasteiger partial charge in [0.2, 0.25) is 5.91 Å². The van der Waals surface area contributed by atoms with E-state index in [1.54, 1.807) is 4.90 Å². The highest BCUT2D eigenvalue weighted by molar-refractivity contribution is 5.85. The molecule has 0 bridgehead atoms. The van der Waals surface area contributed by atoms with Crippen molar-refractivity contribution in [3.05, 3.63) is 35.4 Å². The monoisotopic (exact) mass is 287 g/mol. The van der Waals surface area contributed by atoms with Crippen LogP contribution in [0.2, 0.25) is 0 Å². The fraction of sp³-hybridized carbons (Fsp3) is 0.529. The Morgan fingerprint density at radius 2 is 1.86 bits per heavy atom. The molecule has 2 aliphatic carbocycles. The van der Waals surface area contributed by atoms with E-state index in [9.17, 15) is 14.7 Å². The smallest absolute Gasteiger partial charge is 0.307 e. The Labute approximate surface area is 124 Å². The first kappa shape index (κ1) is 14.1. The van der Waals surface area contributed by atoms with E-state index in [-0.39, 0.29) is 17.9 Å². The SMILES string of the molecule is CN(C(=O)C1CCCC1C(=O)O)C1CCc2ccccc21. The zero-order valence-corrected chi connectivity index (χ0v) is 12.3. The third-order valence-electron chi connectivity index (χ3n) is 5.07. The predicted octanol–water partition coefficient (Wildman–Crippen LogP) is 2.63. The summed E-state index contributed by atoms with van der Waals surface area (Å²) < 4.78 is 0. The summed E-state index contributed by atoms with van der Waals surface area (Å²) in [7, 11) is 1.83. The van der Waals surface area contributed by atoms with Crippen LogP contribution in [0, 0.1) is 11.8 Å². The van der Waals surface area contributed by atoms with Crippen LogP contribution in [0.1, 0.15) is 42.9 Å². The van der Waals surface area contributed by atoms with Crippen LogP contribution in [0.25, 0.3) is 0 Å². The molecule has 1 saturated carbocycles. The van der Waals surface area contributed by atoms with Gasteiger partial charge < -0.3 is 10.0 Å². The number of fused-ring (bicyclic) bond motifs is 1. The van der Waals surface area contributed by atoms with Crippen LogP contribution in [0.5, 0.6) is 0 Å². The number of carbonyl (C=O) groups is 2. The molecule has 3 unspecified atom stereocenters. The lowest BCUT2D eigenvalue weighted by Crippen LogP contribution is -2.38. The molecular formula is C17H21NO3. The third kappa shape index (κ3) is 2.43. The van der Waals surface area contributed by atoms with E-state index in [0.29, 0.717) is 12.8 Å². The van der Waals surface area contributed by atoms with Crippen LogP contribution in [-0.2, 0) is 16.0 Å². The van der Waals surface area contributed by atoms with Gasteiger partial charge in [-0.05, 0) is 36.8 Å². The molecule has 4 heteroatoms. The average molecular weight is 287 g/mol. The summed E-state index contributed by atoms with van der Waals surface area (Å²) >= 11 is 0. The molecule has 0 saturated heterocycles. The number of rotatable bonds is 3. The van der Waals surface area contributed by atoms with Crippen LogP contribution < -0.4 is 0 Å². The lowest BCUT2D eigenvalue weighted by molar-refractivity contribution is -0.149. The molecule has 112 valence electrons. The highest BCUT2D eigenvalue weighted by atomic mass is 16.4. The van der Waals surface area contributed by atoms with Gasteiger partial charge in [0, 0.05) is 7.05 Å². The standard InChI is InChI=1S/C17H21NO3/c1-18(15-10-9-11-5-2-3-6-12(11)15)16(19)13-7-4-8-14(13)17(20)21/h2-3,5-6,13-15H,4,7-10H2,1H3,(H,20,21). The van der Waals surface area contributed by atoms with E-state index >= 15 is 0 Å². The largest absolute Gasteiger partial charge is 0.481 e. The van der Waals surface area contributed by atoms with Crippen molar-refractivity contribution >= 4 is 11.9 Å². The van der Waals surface area contributed by atoms with E-state index in [1.165, 1.54) is 11.1 Å². The number of aliphatic carboxylic acids is 1. The van der Waals surface area contributed by atoms with Gasteiger partial charge >= 0.3 is 5.97 Å². The summed E-state index contributed by atoms with van der Waals surface area (Å²) in [5.74, 6) is -1.68. The Morgan fingerprint density at radius 1 is 1.14 bits per heavy atom. The first-order chi connectivity index (χ1) is 10.1. The van der Waals surface area contributed by atoms with Crippen molar-refractivity contribution < 1.29 is 14.7 Å². The Bertz CT molecular complexity index is 569. The highest BCUT2D eigenvalue weighted by Crippen LogP contribution is 2.39. The molecule has 0 heterocycles. The van der Waals surface area contributed by atoms with E-state index in [0.717, 1.165) is 19.3 Å². The predicted molar refractivity (Wildman–Crippen MR) is 78.7 cm³/mol. The number of carboxylic acid groups (broad SMARTS) is 1. The van der Waals surface area contributed by atoms with Crippen molar-refractivity contribution in [2.24, 2.45) is 11.8 Å². The lowest BCUT2D eigenvalue weighted by atomic mass is 9.94. The van der Waals surface area contributed by atoms with E-state index in [2.05, 4.69) is 12.1 Å². The fourth-order valence-electron chi connectivity index (χ4n) is 3.90. The minimum Gasteiger partial charge on any atom is -0.481 e. The summed E-state index contributed by atoms with van der Waals surface area (Å²) in [6.45, 7) is 0. The fourth-order valence-corrected chi connectivity index (χ4v) is 3.90. The molecule has 1 amide bonds. The van der Waals surface area contributed by atoms with Gasteiger partial charge in [0.15, 0.2) is 0 Å². The maximum Gasteiger partial charge on any atom is 0.307 e. The topological polar surface area (TPSA) is 57.6 Å². The van der Waals surface area contributed by atoms with Crippen molar-refractivity contribution in [2.75, 3.05) is 7.05 Å². The van der Waals surface area contributed by atoms with Crippen LogP contribution in [0.3, 0.4) is 0 Å². The molecular weight excluding hydrogens is 266 g/mol. The van der Waals surface area contributed by atoms with Gasteiger partial charge in [0.25, 0.3) is 0 Å². The maximum absolute atomic E-state index is 12.7. The number of aryl methyl sites for hydroxylation is 1. The van der Waals surface area contributed by atoms with Gasteiger partial charge in [0.05, 0.1) is 17.9 Å². The normalized spacial score (nSPS) is 27.4. The van der Waals surface area contributed by atoms with Gasteiger partial charge in [-0.1, -0.05) is 30.7 Å². The van der Waals surface area contributed by atoms with E-state index in [4.69, 9.17) is 0 Å². The van der Waals surface area contributed by atoms with Gasteiger partial charge in [-0.3, -0.25) is 9.59 Å². The van der Waals surface area contributed by atoms with Gasteiger partial charge in [-0.15, -0.1) is 0 Å². The summed E-state index contributed by atoms with van der Waals surface area (Å²) in [4.78, 5) is 25.8. The summed E-state index contributed by atoms with van der Waals surface area (Å²) in [6, 6.07) is 8.33. The summed E-state index contributed by atoms with van der Waals surface area (Å²) in [5.41, 5.74) is 2.53. The van der Waals surface area contributed by atoms with Crippen LogP contribution in [-0.4, -0.2) is 28.9 Å². The number of hydrogen-bond donors (Lipinski definition) is 1. The van der Waals surface area contributed by atoms with Crippen molar-refractivity contribution in [3.63, 3.8) is 0 Å². The Hall–Kier alpha value is -1.84. The molecule has 1 aromatic rings. The average Bonchev–Trinajstić information content (AvgIpc) is 3.12. The molecule has 1 fully saturated rings. The molecule has 3 atom stereocenters. The molecule has 0 aromatic heterocycles. The minimum absolute atomic E-state index is 0.00148. The van der Waals surface area contributed by atoms with Crippen molar-refractivity contribution in [3.8, 4) is 0 Å². The zero-order chi connectivity index (χ0) is 15.0. The van der Waals surface area contributed by atoms with Crippen LogP contribution in [0.4, 0.5) is 0 Å². The number of benzene rings is 1. The van der Waals surface area contributed by atoms with Crippen molar-refractivity contribution in [1.82, 2.24) is 4.90 Å². The molecule has 1 N–H and O–H groups in total. The first-order valence-corrected chi connectivity index (χ1v) is 7.67. The molecule has 4 nitrogen and oxygen atoms in total. The lowest BCUT2D eigenvalue weighted by Gasteiger charge is -2.29. The second-order valence-electron chi connectivity index (χ2n) is 6.18. The first-order valence-electron chi connectivity index (χ1n) is 7.67. The van der Waals surface area contributed by atoms with Crippen molar-refractivity contribution in [2.45, 2.75) is 38.1 Å². The molecule has 1 aromatic carbocycles. The molecule has 0 spiro atoms. The second kappa shape index (κ2) is 5.51. The van der Waals surface area contributed by atoms with Gasteiger partial charge in [-0.2, -0.15) is 0 Å². The molecule has 0 aliphatic heterocycles. The Balaban J connectivity index is 1.78. The Morgan fingerprint density at radius 3 is 2.62 bits per heavy atom. The number of nitrogens with zero attached hydrogens (tertiary/aromatic N) is 1. The van der Waals surface area contributed by atoms with E-state index in [1.807, 2.05) is 19.2 Å². The maximum atomic E-state index is 12.7. The number of carboxylic acids is 1. The summed E-state index contributed by atoms with van der Waals surface area (Å²) in [5, 5.41) is 9.27. The van der Waals surface area contributed by atoms with Crippen LogP contribution in [0.15, 0.2) is 24.3 Å². The number of carbonyl (C=O) groups excluding carboxylic acids is 1. The molecule has 3 rings (SSSR count). The van der Waals surface area contributed by atoms with Crippen molar-refractivity contribution in [1.29, 1.82) is 0 Å². The number of hydrogen-bond acceptors (Lipinski definition) is 2. The zero-order valence-electron chi connectivity index (χ0n) is 12.3. The molecule has 2 aliphatic rings. The summed E-state index contributed by atoms with van der Waals surface area (Å²) in [6.07, 6.45) is 4.09. The highest BCUT2D eigenvalue weighted by Gasteiger charge is 2.41. The van der Waals surface area contributed by atoms with Gasteiger partial charge in [-0.25, -0.2) is 0 Å². The number of amides is 1. The van der Waals surface area contributed by atoms with E-state index < -0.39 is 11.9 Å². The Kier molecular flexibility index (Phi) is 3.70. The third-order valence-corrected chi connectivity index (χ3v) is 5.07.